The third-order valence-electron chi connectivity index (χ3n) is 4.08. The zero-order chi connectivity index (χ0) is 17.9. The number of nitrogens with one attached hydrogen (secondary N) is 1. The SMILES string of the molecule is COc1cc(CNCCCCCO)ccc1OCc1ccc(C)cc1. The van der Waals surface area contributed by atoms with Crippen molar-refractivity contribution in [1.82, 2.24) is 5.32 Å². The van der Waals surface area contributed by atoms with Gasteiger partial charge in [0.05, 0.1) is 7.11 Å². The molecule has 25 heavy (non-hydrogen) atoms. The van der Waals surface area contributed by atoms with Gasteiger partial charge in [-0.25, -0.2) is 0 Å². The van der Waals surface area contributed by atoms with Gasteiger partial charge in [0.1, 0.15) is 6.61 Å². The molecule has 4 nitrogen and oxygen atoms in total. The van der Waals surface area contributed by atoms with E-state index >= 15 is 0 Å². The fraction of sp³-hybridized carbons (Fsp3) is 0.429. The van der Waals surface area contributed by atoms with Crippen LogP contribution in [0.1, 0.15) is 36.0 Å². The molecule has 0 aliphatic carbocycles. The summed E-state index contributed by atoms with van der Waals surface area (Å²) in [5, 5.41) is 12.2. The van der Waals surface area contributed by atoms with Crippen molar-refractivity contribution < 1.29 is 14.6 Å². The molecule has 0 aromatic heterocycles. The second kappa shape index (κ2) is 10.7. The number of aliphatic hydroxyl groups is 1. The molecule has 2 N–H and O–H groups in total. The first-order chi connectivity index (χ1) is 12.2. The topological polar surface area (TPSA) is 50.7 Å². The van der Waals surface area contributed by atoms with Crippen LogP contribution in [0.5, 0.6) is 11.5 Å². The first kappa shape index (κ1) is 19.3. The van der Waals surface area contributed by atoms with Crippen LogP contribution >= 0.6 is 0 Å². The molecule has 0 heterocycles. The van der Waals surface area contributed by atoms with Gasteiger partial charge in [0.15, 0.2) is 11.5 Å². The lowest BCUT2D eigenvalue weighted by Gasteiger charge is -2.13. The van der Waals surface area contributed by atoms with E-state index in [4.69, 9.17) is 14.6 Å². The molecule has 0 spiro atoms. The molecule has 0 aliphatic heterocycles. The van der Waals surface area contributed by atoms with Crippen LogP contribution < -0.4 is 14.8 Å². The highest BCUT2D eigenvalue weighted by Crippen LogP contribution is 2.28. The van der Waals surface area contributed by atoms with Gasteiger partial charge in [-0.05, 0) is 56.0 Å². The number of benzene rings is 2. The number of rotatable bonds is 11. The smallest absolute Gasteiger partial charge is 0.161 e. The predicted octanol–water partition coefficient (Wildman–Crippen LogP) is 3.83. The maximum atomic E-state index is 8.77. The first-order valence-corrected chi connectivity index (χ1v) is 8.90. The standard InChI is InChI=1S/C21H29NO3/c1-17-6-8-18(9-7-17)16-25-20-11-10-19(14-21(20)24-2)15-22-12-4-3-5-13-23/h6-11,14,22-23H,3-5,12-13,15-16H2,1-2H3. The van der Waals surface area contributed by atoms with Gasteiger partial charge in [-0.3, -0.25) is 0 Å². The number of hydrogen-bond acceptors (Lipinski definition) is 4. The van der Waals surface area contributed by atoms with Gasteiger partial charge in [0, 0.05) is 13.2 Å². The zero-order valence-corrected chi connectivity index (χ0v) is 15.3. The Bertz CT molecular complexity index is 626. The molecule has 0 unspecified atom stereocenters. The van der Waals surface area contributed by atoms with E-state index in [1.807, 2.05) is 12.1 Å². The molecule has 0 saturated carbocycles. The minimum Gasteiger partial charge on any atom is -0.493 e. The van der Waals surface area contributed by atoms with Crippen LogP contribution in [0, 0.1) is 6.92 Å². The summed E-state index contributed by atoms with van der Waals surface area (Å²) in [4.78, 5) is 0. The normalized spacial score (nSPS) is 10.7. The zero-order valence-electron chi connectivity index (χ0n) is 15.3. The van der Waals surface area contributed by atoms with Crippen LogP contribution in [0.25, 0.3) is 0 Å². The molecule has 2 aromatic carbocycles. The van der Waals surface area contributed by atoms with Crippen molar-refractivity contribution in [1.29, 1.82) is 0 Å². The van der Waals surface area contributed by atoms with Crippen molar-refractivity contribution in [2.24, 2.45) is 0 Å². The Labute approximate surface area is 150 Å². The Balaban J connectivity index is 1.84. The third kappa shape index (κ3) is 6.77. The van der Waals surface area contributed by atoms with Crippen molar-refractivity contribution in [2.45, 2.75) is 39.3 Å². The average Bonchev–Trinajstić information content (AvgIpc) is 2.64. The molecule has 0 radical (unpaired) electrons. The Kier molecular flexibility index (Phi) is 8.29. The van der Waals surface area contributed by atoms with Crippen LogP contribution in [-0.2, 0) is 13.2 Å². The van der Waals surface area contributed by atoms with E-state index in [1.165, 1.54) is 11.1 Å². The number of ether oxygens (including phenoxy) is 2. The predicted molar refractivity (Wildman–Crippen MR) is 101 cm³/mol. The summed E-state index contributed by atoms with van der Waals surface area (Å²) in [6, 6.07) is 14.4. The monoisotopic (exact) mass is 343 g/mol. The fourth-order valence-electron chi connectivity index (χ4n) is 2.56. The van der Waals surface area contributed by atoms with Gasteiger partial charge in [0.2, 0.25) is 0 Å². The molecule has 0 atom stereocenters. The van der Waals surface area contributed by atoms with Crippen LogP contribution in [0.3, 0.4) is 0 Å². The maximum Gasteiger partial charge on any atom is 0.161 e. The summed E-state index contributed by atoms with van der Waals surface area (Å²) in [6.45, 7) is 4.63. The van der Waals surface area contributed by atoms with Gasteiger partial charge in [-0.2, -0.15) is 0 Å². The van der Waals surface area contributed by atoms with Crippen LogP contribution in [0.2, 0.25) is 0 Å². The lowest BCUT2D eigenvalue weighted by Crippen LogP contribution is -2.14. The molecular weight excluding hydrogens is 314 g/mol. The van der Waals surface area contributed by atoms with E-state index in [0.717, 1.165) is 49.4 Å². The van der Waals surface area contributed by atoms with Crippen LogP contribution in [-0.4, -0.2) is 25.4 Å². The van der Waals surface area contributed by atoms with E-state index < -0.39 is 0 Å². The Morgan fingerprint density at radius 3 is 2.40 bits per heavy atom. The van der Waals surface area contributed by atoms with Crippen molar-refractivity contribution in [2.75, 3.05) is 20.3 Å². The molecule has 2 aromatic rings. The van der Waals surface area contributed by atoms with E-state index in [1.54, 1.807) is 7.11 Å². The quantitative estimate of drug-likeness (QED) is 0.609. The molecule has 0 fully saturated rings. The largest absolute Gasteiger partial charge is 0.493 e. The number of hydrogen-bond donors (Lipinski definition) is 2. The van der Waals surface area contributed by atoms with Crippen LogP contribution in [0.4, 0.5) is 0 Å². The Morgan fingerprint density at radius 1 is 0.920 bits per heavy atom. The molecule has 0 aliphatic rings. The molecule has 136 valence electrons. The van der Waals surface area contributed by atoms with Crippen molar-refractivity contribution >= 4 is 0 Å². The highest BCUT2D eigenvalue weighted by Gasteiger charge is 2.06. The number of methoxy groups -OCH3 is 1. The third-order valence-corrected chi connectivity index (χ3v) is 4.08. The van der Waals surface area contributed by atoms with Crippen LogP contribution in [0.15, 0.2) is 42.5 Å². The summed E-state index contributed by atoms with van der Waals surface area (Å²) in [6.07, 6.45) is 3.01. The highest BCUT2D eigenvalue weighted by molar-refractivity contribution is 5.43. The fourth-order valence-corrected chi connectivity index (χ4v) is 2.56. The molecule has 0 amide bonds. The summed E-state index contributed by atoms with van der Waals surface area (Å²) in [7, 11) is 1.67. The summed E-state index contributed by atoms with van der Waals surface area (Å²) < 4.78 is 11.4. The minimum absolute atomic E-state index is 0.279. The van der Waals surface area contributed by atoms with Crippen molar-refractivity contribution in [3.8, 4) is 11.5 Å². The Morgan fingerprint density at radius 2 is 1.68 bits per heavy atom. The minimum atomic E-state index is 0.279. The van der Waals surface area contributed by atoms with E-state index in [2.05, 4.69) is 42.6 Å². The highest BCUT2D eigenvalue weighted by atomic mass is 16.5. The van der Waals surface area contributed by atoms with Gasteiger partial charge in [-0.15, -0.1) is 0 Å². The average molecular weight is 343 g/mol. The summed E-state index contributed by atoms with van der Waals surface area (Å²) >= 11 is 0. The van der Waals surface area contributed by atoms with Gasteiger partial charge >= 0.3 is 0 Å². The second-order valence-corrected chi connectivity index (χ2v) is 6.22. The van der Waals surface area contributed by atoms with E-state index in [9.17, 15) is 0 Å². The molecule has 0 saturated heterocycles. The molecule has 4 heteroatoms. The second-order valence-electron chi connectivity index (χ2n) is 6.22. The Hall–Kier alpha value is -2.04. The van der Waals surface area contributed by atoms with Crippen molar-refractivity contribution in [3.05, 3.63) is 59.2 Å². The van der Waals surface area contributed by atoms with Gasteiger partial charge < -0.3 is 19.9 Å². The van der Waals surface area contributed by atoms with E-state index in [0.29, 0.717) is 6.61 Å². The van der Waals surface area contributed by atoms with Gasteiger partial charge in [0.25, 0.3) is 0 Å². The summed E-state index contributed by atoms with van der Waals surface area (Å²) in [5.41, 5.74) is 3.55. The molecular formula is C21H29NO3. The maximum absolute atomic E-state index is 8.77. The summed E-state index contributed by atoms with van der Waals surface area (Å²) in [5.74, 6) is 1.52. The molecule has 0 bridgehead atoms. The number of unbranched alkanes of at least 4 members (excludes halogenated alkanes) is 2. The van der Waals surface area contributed by atoms with E-state index in [-0.39, 0.29) is 6.61 Å². The number of aliphatic hydroxyl groups excluding tert-OH is 1. The number of aryl methyl sites for hydroxylation is 1. The lowest BCUT2D eigenvalue weighted by atomic mass is 10.1. The first-order valence-electron chi connectivity index (χ1n) is 8.90. The van der Waals surface area contributed by atoms with Crippen molar-refractivity contribution in [3.63, 3.8) is 0 Å². The van der Waals surface area contributed by atoms with Gasteiger partial charge in [-0.1, -0.05) is 35.9 Å². The lowest BCUT2D eigenvalue weighted by molar-refractivity contribution is 0.282. The molecule has 2 rings (SSSR count).